The molecule has 0 saturated carbocycles. The molecule has 0 radical (unpaired) electrons. The topological polar surface area (TPSA) is 55.5 Å². The summed E-state index contributed by atoms with van der Waals surface area (Å²) in [7, 11) is 0. The number of para-hydroxylation sites is 1. The fourth-order valence-corrected chi connectivity index (χ4v) is 1.88. The molecule has 0 amide bonds. The van der Waals surface area contributed by atoms with Gasteiger partial charge in [0.1, 0.15) is 11.5 Å². The van der Waals surface area contributed by atoms with Crippen LogP contribution in [0, 0.1) is 0 Å². The summed E-state index contributed by atoms with van der Waals surface area (Å²) in [5, 5.41) is 9.25. The molecule has 3 N–H and O–H groups in total. The highest BCUT2D eigenvalue weighted by Crippen LogP contribution is 2.26. The third-order valence-corrected chi connectivity index (χ3v) is 3.12. The molecular formula is C16H19NO2. The molecule has 0 saturated heterocycles. The molecule has 0 spiro atoms. The Balaban J connectivity index is 2.15. The first-order chi connectivity index (χ1) is 9.24. The fraction of sp³-hybridized carbons (Fsp3) is 0.250. The van der Waals surface area contributed by atoms with Gasteiger partial charge in [-0.1, -0.05) is 37.3 Å². The molecule has 3 heteroatoms. The summed E-state index contributed by atoms with van der Waals surface area (Å²) in [4.78, 5) is 0. The summed E-state index contributed by atoms with van der Waals surface area (Å²) in [6, 6.07) is 15.3. The van der Waals surface area contributed by atoms with E-state index in [4.69, 9.17) is 10.5 Å². The van der Waals surface area contributed by atoms with E-state index in [1.54, 1.807) is 0 Å². The zero-order valence-corrected chi connectivity index (χ0v) is 11.0. The highest BCUT2D eigenvalue weighted by atomic mass is 16.5. The summed E-state index contributed by atoms with van der Waals surface area (Å²) in [5.74, 6) is 1.42. The zero-order chi connectivity index (χ0) is 13.7. The van der Waals surface area contributed by atoms with E-state index in [0.717, 1.165) is 23.3 Å². The van der Waals surface area contributed by atoms with Gasteiger partial charge in [0.15, 0.2) is 0 Å². The first-order valence-corrected chi connectivity index (χ1v) is 6.46. The number of aliphatic hydroxyl groups is 1. The molecule has 0 aliphatic rings. The molecule has 3 nitrogen and oxygen atoms in total. The van der Waals surface area contributed by atoms with Gasteiger partial charge in [0, 0.05) is 11.6 Å². The van der Waals surface area contributed by atoms with Crippen LogP contribution in [0.2, 0.25) is 0 Å². The fourth-order valence-electron chi connectivity index (χ4n) is 1.88. The van der Waals surface area contributed by atoms with Crippen LogP contribution in [-0.4, -0.2) is 5.11 Å². The van der Waals surface area contributed by atoms with Crippen molar-refractivity contribution in [2.75, 3.05) is 0 Å². The Morgan fingerprint density at radius 2 is 1.79 bits per heavy atom. The van der Waals surface area contributed by atoms with Crippen LogP contribution in [-0.2, 0) is 6.61 Å². The molecule has 19 heavy (non-hydrogen) atoms. The predicted octanol–water partition coefficient (Wildman–Crippen LogP) is 3.38. The van der Waals surface area contributed by atoms with Gasteiger partial charge in [0.05, 0.1) is 6.61 Å². The van der Waals surface area contributed by atoms with Crippen molar-refractivity contribution in [2.45, 2.75) is 26.0 Å². The van der Waals surface area contributed by atoms with E-state index in [1.807, 2.05) is 48.5 Å². The van der Waals surface area contributed by atoms with Crippen molar-refractivity contribution in [3.63, 3.8) is 0 Å². The lowest BCUT2D eigenvalue weighted by Crippen LogP contribution is -2.08. The van der Waals surface area contributed by atoms with E-state index in [9.17, 15) is 5.11 Å². The first kappa shape index (κ1) is 13.6. The van der Waals surface area contributed by atoms with Crippen LogP contribution < -0.4 is 10.5 Å². The van der Waals surface area contributed by atoms with E-state index in [2.05, 4.69) is 6.92 Å². The quantitative estimate of drug-likeness (QED) is 0.863. The number of hydrogen-bond acceptors (Lipinski definition) is 3. The van der Waals surface area contributed by atoms with Crippen molar-refractivity contribution in [3.8, 4) is 11.5 Å². The van der Waals surface area contributed by atoms with E-state index in [0.29, 0.717) is 5.75 Å². The maximum atomic E-state index is 9.25. The Labute approximate surface area is 113 Å². The number of ether oxygens (including phenoxy) is 1. The number of rotatable bonds is 5. The molecule has 2 aromatic rings. The molecule has 0 heterocycles. The minimum absolute atomic E-state index is 0.0328. The van der Waals surface area contributed by atoms with Gasteiger partial charge in [-0.3, -0.25) is 0 Å². The molecule has 0 unspecified atom stereocenters. The first-order valence-electron chi connectivity index (χ1n) is 6.46. The number of nitrogens with two attached hydrogens (primary N) is 1. The minimum atomic E-state index is -0.0328. The van der Waals surface area contributed by atoms with Crippen LogP contribution >= 0.6 is 0 Å². The van der Waals surface area contributed by atoms with Crippen molar-refractivity contribution in [1.82, 2.24) is 0 Å². The van der Waals surface area contributed by atoms with Crippen molar-refractivity contribution >= 4 is 0 Å². The van der Waals surface area contributed by atoms with Crippen molar-refractivity contribution in [1.29, 1.82) is 0 Å². The Kier molecular flexibility index (Phi) is 4.55. The maximum Gasteiger partial charge on any atom is 0.132 e. The van der Waals surface area contributed by atoms with Gasteiger partial charge < -0.3 is 15.6 Å². The number of hydrogen-bond donors (Lipinski definition) is 2. The second-order valence-corrected chi connectivity index (χ2v) is 4.45. The zero-order valence-electron chi connectivity index (χ0n) is 11.0. The molecular weight excluding hydrogens is 238 g/mol. The van der Waals surface area contributed by atoms with Crippen molar-refractivity contribution in [2.24, 2.45) is 5.73 Å². The average Bonchev–Trinajstić information content (AvgIpc) is 2.48. The molecule has 0 bridgehead atoms. The third kappa shape index (κ3) is 3.34. The monoisotopic (exact) mass is 257 g/mol. The smallest absolute Gasteiger partial charge is 0.132 e. The minimum Gasteiger partial charge on any atom is -0.457 e. The molecule has 0 aliphatic heterocycles. The molecule has 2 aromatic carbocycles. The van der Waals surface area contributed by atoms with E-state index in [-0.39, 0.29) is 12.6 Å². The van der Waals surface area contributed by atoms with Crippen molar-refractivity contribution < 1.29 is 9.84 Å². The maximum absolute atomic E-state index is 9.25. The van der Waals surface area contributed by atoms with Crippen LogP contribution in [0.25, 0.3) is 0 Å². The van der Waals surface area contributed by atoms with E-state index in [1.165, 1.54) is 0 Å². The van der Waals surface area contributed by atoms with Gasteiger partial charge in [-0.25, -0.2) is 0 Å². The van der Waals surface area contributed by atoms with Gasteiger partial charge in [-0.2, -0.15) is 0 Å². The second-order valence-electron chi connectivity index (χ2n) is 4.45. The summed E-state index contributed by atoms with van der Waals surface area (Å²) >= 11 is 0. The lowest BCUT2D eigenvalue weighted by Gasteiger charge is -2.12. The lowest BCUT2D eigenvalue weighted by atomic mass is 10.1. The summed E-state index contributed by atoms with van der Waals surface area (Å²) in [6.07, 6.45) is 0.910. The molecule has 0 fully saturated rings. The summed E-state index contributed by atoms with van der Waals surface area (Å²) in [6.45, 7) is 2.03. The van der Waals surface area contributed by atoms with Gasteiger partial charge in [0.25, 0.3) is 0 Å². The molecule has 100 valence electrons. The standard InChI is InChI=1S/C16H19NO2/c1-2-15(17)12-7-9-14(10-8-12)19-16-6-4-3-5-13(16)11-18/h3-10,15,18H,2,11,17H2,1H3/t15-/m0/s1. The van der Waals surface area contributed by atoms with Crippen molar-refractivity contribution in [3.05, 3.63) is 59.7 Å². The average molecular weight is 257 g/mol. The Hall–Kier alpha value is -1.84. The normalized spacial score (nSPS) is 12.2. The number of benzene rings is 2. The van der Waals surface area contributed by atoms with Crippen LogP contribution in [0.3, 0.4) is 0 Å². The third-order valence-electron chi connectivity index (χ3n) is 3.12. The molecule has 2 rings (SSSR count). The Bertz CT molecular complexity index is 523. The van der Waals surface area contributed by atoms with Gasteiger partial charge in [0.2, 0.25) is 0 Å². The van der Waals surface area contributed by atoms with Gasteiger partial charge in [-0.15, -0.1) is 0 Å². The molecule has 1 atom stereocenters. The highest BCUT2D eigenvalue weighted by Gasteiger charge is 2.05. The summed E-state index contributed by atoms with van der Waals surface area (Å²) < 4.78 is 5.77. The second kappa shape index (κ2) is 6.36. The number of aliphatic hydroxyl groups excluding tert-OH is 1. The van der Waals surface area contributed by atoms with E-state index >= 15 is 0 Å². The highest BCUT2D eigenvalue weighted by molar-refractivity contribution is 5.38. The van der Waals surface area contributed by atoms with Crippen LogP contribution in [0.1, 0.15) is 30.5 Å². The molecule has 0 aliphatic carbocycles. The largest absolute Gasteiger partial charge is 0.457 e. The SMILES string of the molecule is CC[C@H](N)c1ccc(Oc2ccccc2CO)cc1. The summed E-state index contributed by atoms with van der Waals surface area (Å²) in [5.41, 5.74) is 7.85. The van der Waals surface area contributed by atoms with Crippen LogP contribution in [0.5, 0.6) is 11.5 Å². The Morgan fingerprint density at radius 3 is 2.42 bits per heavy atom. The van der Waals surface area contributed by atoms with Gasteiger partial charge in [-0.05, 0) is 30.2 Å². The lowest BCUT2D eigenvalue weighted by molar-refractivity contribution is 0.276. The molecule has 0 aromatic heterocycles. The van der Waals surface area contributed by atoms with Crippen LogP contribution in [0.4, 0.5) is 0 Å². The van der Waals surface area contributed by atoms with Crippen LogP contribution in [0.15, 0.2) is 48.5 Å². The predicted molar refractivity (Wildman–Crippen MR) is 76.1 cm³/mol. The van der Waals surface area contributed by atoms with Gasteiger partial charge >= 0.3 is 0 Å². The Morgan fingerprint density at radius 1 is 1.11 bits per heavy atom. The van der Waals surface area contributed by atoms with E-state index < -0.39 is 0 Å².